The Morgan fingerprint density at radius 2 is 1.89 bits per heavy atom. The van der Waals surface area contributed by atoms with Gasteiger partial charge in [0.2, 0.25) is 11.8 Å². The van der Waals surface area contributed by atoms with E-state index < -0.39 is 0 Å². The van der Waals surface area contributed by atoms with Gasteiger partial charge in [-0.3, -0.25) is 9.59 Å². The Morgan fingerprint density at radius 1 is 1.19 bits per heavy atom. The van der Waals surface area contributed by atoms with Gasteiger partial charge in [-0.05, 0) is 56.2 Å². The van der Waals surface area contributed by atoms with Crippen molar-refractivity contribution in [3.8, 4) is 0 Å². The fourth-order valence-electron chi connectivity index (χ4n) is 4.86. The molecule has 5 nitrogen and oxygen atoms in total. The Kier molecular flexibility index (Phi) is 5.22. The minimum Gasteiger partial charge on any atom is -0.359 e. The van der Waals surface area contributed by atoms with E-state index in [2.05, 4.69) is 27.2 Å². The van der Waals surface area contributed by atoms with Crippen LogP contribution in [0.5, 0.6) is 0 Å². The first-order chi connectivity index (χ1) is 13.1. The van der Waals surface area contributed by atoms with E-state index in [0.717, 1.165) is 45.4 Å². The van der Waals surface area contributed by atoms with Crippen molar-refractivity contribution >= 4 is 11.8 Å². The summed E-state index contributed by atoms with van der Waals surface area (Å²) in [6.45, 7) is 3.84. The van der Waals surface area contributed by atoms with E-state index in [4.69, 9.17) is 0 Å². The summed E-state index contributed by atoms with van der Waals surface area (Å²) in [6.07, 6.45) is 6.13. The van der Waals surface area contributed by atoms with E-state index in [1.165, 1.54) is 18.4 Å². The van der Waals surface area contributed by atoms with Crippen LogP contribution in [0.15, 0.2) is 30.3 Å². The highest BCUT2D eigenvalue weighted by Crippen LogP contribution is 2.48. The number of carbonyl (C=O) groups is 2. The van der Waals surface area contributed by atoms with Crippen LogP contribution in [0.1, 0.15) is 50.0 Å². The third kappa shape index (κ3) is 4.03. The van der Waals surface area contributed by atoms with Crippen LogP contribution in [0.25, 0.3) is 0 Å². The predicted octanol–water partition coefficient (Wildman–Crippen LogP) is 2.38. The summed E-state index contributed by atoms with van der Waals surface area (Å²) < 4.78 is 0. The first-order valence-electron chi connectivity index (χ1n) is 10.4. The maximum absolute atomic E-state index is 13.2. The molecule has 1 aromatic rings. The highest BCUT2D eigenvalue weighted by Gasteiger charge is 2.49. The Labute approximate surface area is 162 Å². The van der Waals surface area contributed by atoms with Crippen molar-refractivity contribution in [2.24, 2.45) is 5.41 Å². The molecule has 2 saturated heterocycles. The van der Waals surface area contributed by atoms with E-state index in [9.17, 15) is 9.59 Å². The van der Waals surface area contributed by atoms with Gasteiger partial charge >= 0.3 is 0 Å². The first-order valence-corrected chi connectivity index (χ1v) is 10.4. The van der Waals surface area contributed by atoms with Crippen molar-refractivity contribution in [2.45, 2.75) is 50.5 Å². The molecule has 1 aliphatic carbocycles. The number of piperidine rings is 2. The van der Waals surface area contributed by atoms with Crippen molar-refractivity contribution in [3.63, 3.8) is 0 Å². The van der Waals surface area contributed by atoms with Crippen LogP contribution in [0.2, 0.25) is 0 Å². The standard InChI is InChI=1S/C22H31N3O2/c1-23-20(26)9-12-24-13-10-22(11-14-24)15-19(17-5-3-2-4-6-17)21(27)25(16-22)18-7-8-18/h2-6,18-19H,7-16H2,1H3,(H,23,26)/t19-/m1/s1. The van der Waals surface area contributed by atoms with Crippen LogP contribution in [0, 0.1) is 5.41 Å². The van der Waals surface area contributed by atoms with E-state index in [1.807, 2.05) is 18.2 Å². The molecule has 3 fully saturated rings. The Hall–Kier alpha value is -1.88. The molecular weight excluding hydrogens is 338 g/mol. The quantitative estimate of drug-likeness (QED) is 0.867. The van der Waals surface area contributed by atoms with E-state index >= 15 is 0 Å². The maximum Gasteiger partial charge on any atom is 0.230 e. The van der Waals surface area contributed by atoms with Crippen molar-refractivity contribution in [1.29, 1.82) is 0 Å². The van der Waals surface area contributed by atoms with E-state index in [1.54, 1.807) is 7.05 Å². The molecule has 0 bridgehead atoms. The van der Waals surface area contributed by atoms with Gasteiger partial charge in [-0.2, -0.15) is 0 Å². The van der Waals surface area contributed by atoms with Crippen molar-refractivity contribution in [2.75, 3.05) is 33.2 Å². The van der Waals surface area contributed by atoms with Gasteiger partial charge in [-0.1, -0.05) is 30.3 Å². The lowest BCUT2D eigenvalue weighted by atomic mass is 9.67. The van der Waals surface area contributed by atoms with Crippen LogP contribution < -0.4 is 5.32 Å². The zero-order valence-corrected chi connectivity index (χ0v) is 16.3. The van der Waals surface area contributed by atoms with Gasteiger partial charge in [-0.25, -0.2) is 0 Å². The van der Waals surface area contributed by atoms with E-state index in [-0.39, 0.29) is 17.2 Å². The number of hydrogen-bond acceptors (Lipinski definition) is 3. The van der Waals surface area contributed by atoms with Crippen molar-refractivity contribution < 1.29 is 9.59 Å². The molecule has 4 rings (SSSR count). The maximum atomic E-state index is 13.2. The average molecular weight is 370 g/mol. The number of likely N-dealkylation sites (tertiary alicyclic amines) is 2. The van der Waals surface area contributed by atoms with E-state index in [0.29, 0.717) is 18.4 Å². The topological polar surface area (TPSA) is 52.7 Å². The molecule has 2 aliphatic heterocycles. The molecule has 2 amide bonds. The number of carbonyl (C=O) groups excluding carboxylic acids is 2. The minimum absolute atomic E-state index is 0.0120. The number of hydrogen-bond donors (Lipinski definition) is 1. The van der Waals surface area contributed by atoms with Gasteiger partial charge in [0, 0.05) is 32.6 Å². The molecule has 1 N–H and O–H groups in total. The third-order valence-electron chi connectivity index (χ3n) is 6.76. The van der Waals surface area contributed by atoms with Crippen LogP contribution >= 0.6 is 0 Å². The first kappa shape index (κ1) is 18.5. The smallest absolute Gasteiger partial charge is 0.230 e. The zero-order valence-electron chi connectivity index (χ0n) is 16.3. The summed E-state index contributed by atoms with van der Waals surface area (Å²) in [5.74, 6) is 0.469. The Morgan fingerprint density at radius 3 is 2.52 bits per heavy atom. The SMILES string of the molecule is CNC(=O)CCN1CCC2(CC1)C[C@H](c1ccccc1)C(=O)N(C1CC1)C2. The molecule has 2 heterocycles. The normalized spacial score (nSPS) is 25.6. The number of benzene rings is 1. The molecule has 0 radical (unpaired) electrons. The Bertz CT molecular complexity index is 678. The molecule has 1 spiro atoms. The van der Waals surface area contributed by atoms with Gasteiger partial charge < -0.3 is 15.1 Å². The largest absolute Gasteiger partial charge is 0.359 e. The second-order valence-corrected chi connectivity index (χ2v) is 8.63. The number of nitrogens with zero attached hydrogens (tertiary/aromatic N) is 2. The average Bonchev–Trinajstić information content (AvgIpc) is 3.55. The lowest BCUT2D eigenvalue weighted by Gasteiger charge is -2.50. The van der Waals surface area contributed by atoms with Crippen LogP contribution in [0.3, 0.4) is 0 Å². The number of rotatable bonds is 5. The molecule has 1 atom stereocenters. The van der Waals surface area contributed by atoms with Crippen molar-refractivity contribution in [1.82, 2.24) is 15.1 Å². The molecule has 27 heavy (non-hydrogen) atoms. The van der Waals surface area contributed by atoms with Gasteiger partial charge in [0.15, 0.2) is 0 Å². The molecule has 5 heteroatoms. The molecular formula is C22H31N3O2. The fraction of sp³-hybridized carbons (Fsp3) is 0.636. The van der Waals surface area contributed by atoms with Gasteiger partial charge in [-0.15, -0.1) is 0 Å². The Balaban J connectivity index is 1.46. The third-order valence-corrected chi connectivity index (χ3v) is 6.76. The van der Waals surface area contributed by atoms with Gasteiger partial charge in [0.05, 0.1) is 5.92 Å². The van der Waals surface area contributed by atoms with Crippen LogP contribution in [-0.2, 0) is 9.59 Å². The predicted molar refractivity (Wildman–Crippen MR) is 105 cm³/mol. The molecule has 3 aliphatic rings. The highest BCUT2D eigenvalue weighted by molar-refractivity contribution is 5.85. The van der Waals surface area contributed by atoms with Gasteiger partial charge in [0.1, 0.15) is 0 Å². The molecule has 0 unspecified atom stereocenters. The van der Waals surface area contributed by atoms with Crippen LogP contribution in [-0.4, -0.2) is 60.9 Å². The molecule has 1 aromatic carbocycles. The van der Waals surface area contributed by atoms with Crippen molar-refractivity contribution in [3.05, 3.63) is 35.9 Å². The summed E-state index contributed by atoms with van der Waals surface area (Å²) in [6, 6.07) is 10.8. The lowest BCUT2D eigenvalue weighted by Crippen LogP contribution is -2.54. The second-order valence-electron chi connectivity index (χ2n) is 8.63. The summed E-state index contributed by atoms with van der Waals surface area (Å²) in [5, 5.41) is 2.71. The monoisotopic (exact) mass is 369 g/mol. The number of amides is 2. The highest BCUT2D eigenvalue weighted by atomic mass is 16.2. The summed E-state index contributed by atoms with van der Waals surface area (Å²) in [7, 11) is 1.70. The summed E-state index contributed by atoms with van der Waals surface area (Å²) >= 11 is 0. The molecule has 1 saturated carbocycles. The van der Waals surface area contributed by atoms with Gasteiger partial charge in [0.25, 0.3) is 0 Å². The minimum atomic E-state index is 0.0120. The number of nitrogens with one attached hydrogen (secondary N) is 1. The molecule has 146 valence electrons. The fourth-order valence-corrected chi connectivity index (χ4v) is 4.86. The zero-order chi connectivity index (χ0) is 18.9. The molecule has 0 aromatic heterocycles. The van der Waals surface area contributed by atoms with Crippen LogP contribution in [0.4, 0.5) is 0 Å². The second kappa shape index (κ2) is 7.63. The summed E-state index contributed by atoms with van der Waals surface area (Å²) in [5.41, 5.74) is 1.41. The summed E-state index contributed by atoms with van der Waals surface area (Å²) in [4.78, 5) is 29.3. The lowest BCUT2D eigenvalue weighted by molar-refractivity contribution is -0.142.